The van der Waals surface area contributed by atoms with Crippen molar-refractivity contribution in [1.82, 2.24) is 24.7 Å². The highest BCUT2D eigenvalue weighted by Crippen LogP contribution is 2.37. The van der Waals surface area contributed by atoms with Crippen molar-refractivity contribution >= 4 is 76.1 Å². The van der Waals surface area contributed by atoms with Gasteiger partial charge in [0.1, 0.15) is 26.2 Å². The summed E-state index contributed by atoms with van der Waals surface area (Å²) in [4.78, 5) is 37.6. The van der Waals surface area contributed by atoms with Gasteiger partial charge >= 0.3 is 12.1 Å². The maximum absolute atomic E-state index is 12.2. The number of carbonyl (C=O) groups is 2. The first-order valence-corrected chi connectivity index (χ1v) is 20.0. The van der Waals surface area contributed by atoms with Gasteiger partial charge in [0, 0.05) is 18.8 Å². The summed E-state index contributed by atoms with van der Waals surface area (Å²) < 4.78 is 19.8. The molecule has 1 atom stereocenters. The number of carbonyl (C=O) groups excluding carboxylic acids is 1. The summed E-state index contributed by atoms with van der Waals surface area (Å²) in [6.45, 7) is 9.53. The van der Waals surface area contributed by atoms with Gasteiger partial charge in [-0.05, 0) is 56.9 Å². The number of amides is 1. The smallest absolute Gasteiger partial charge is 0.413 e. The fourth-order valence-corrected chi connectivity index (χ4v) is 11.6. The lowest BCUT2D eigenvalue weighted by Gasteiger charge is -2.43. The summed E-state index contributed by atoms with van der Waals surface area (Å²) in [6, 6.07) is 22.5. The van der Waals surface area contributed by atoms with Crippen LogP contribution in [0.25, 0.3) is 11.0 Å². The van der Waals surface area contributed by atoms with Crippen LogP contribution >= 0.6 is 22.6 Å². The molecule has 0 saturated carbocycles. The van der Waals surface area contributed by atoms with Crippen LogP contribution in [0.5, 0.6) is 5.75 Å². The summed E-state index contributed by atoms with van der Waals surface area (Å²) in [7, 11) is -0.0288. The number of methoxy groups -OCH3 is 2. The van der Waals surface area contributed by atoms with Crippen LogP contribution in [0.3, 0.4) is 0 Å². The number of carboxylic acid groups (broad SMARTS) is 1. The fraction of sp³-hybridized carbons (Fsp3) is 0.351. The minimum Gasteiger partial charge on any atom is -0.495 e. The van der Waals surface area contributed by atoms with Gasteiger partial charge in [0.2, 0.25) is 5.95 Å². The number of halogens is 1. The molecule has 0 aliphatic heterocycles. The van der Waals surface area contributed by atoms with Crippen LogP contribution in [0.1, 0.15) is 63.0 Å². The van der Waals surface area contributed by atoms with Crippen LogP contribution in [-0.4, -0.2) is 77.1 Å². The van der Waals surface area contributed by atoms with E-state index >= 15 is 0 Å². The third-order valence-corrected chi connectivity index (χ3v) is 14.6. The van der Waals surface area contributed by atoms with Crippen LogP contribution in [0.2, 0.25) is 5.04 Å². The highest BCUT2D eigenvalue weighted by atomic mass is 127. The molecule has 0 fully saturated rings. The Balaban J connectivity index is 1.52. The number of pyridine rings is 1. The molecule has 15 heteroatoms. The number of aromatic carboxylic acids is 1. The van der Waals surface area contributed by atoms with E-state index in [0.29, 0.717) is 45.0 Å². The molecule has 0 unspecified atom stereocenters. The van der Waals surface area contributed by atoms with Crippen LogP contribution in [0, 0.1) is 3.70 Å². The Kier molecular flexibility index (Phi) is 12.5. The molecule has 3 heterocycles. The molecule has 5 aromatic rings. The lowest BCUT2D eigenvalue weighted by Crippen LogP contribution is -2.66. The number of nitrogens with one attached hydrogen (secondary N) is 2. The van der Waals surface area contributed by atoms with Gasteiger partial charge in [-0.25, -0.2) is 14.6 Å². The van der Waals surface area contributed by atoms with Crippen molar-refractivity contribution in [2.45, 2.75) is 64.6 Å². The second kappa shape index (κ2) is 16.8. The Morgan fingerprint density at radius 3 is 2.21 bits per heavy atom. The zero-order chi connectivity index (χ0) is 37.5. The van der Waals surface area contributed by atoms with Gasteiger partial charge in [-0.3, -0.25) is 15.0 Å². The number of anilines is 2. The highest BCUT2D eigenvalue weighted by Gasteiger charge is 2.50. The number of nitrogens with zero attached hydrogens (tertiary/aromatic N) is 5. The summed E-state index contributed by atoms with van der Waals surface area (Å²) in [5, 5.41) is 22.7. The predicted octanol–water partition coefficient (Wildman–Crippen LogP) is 6.31. The minimum absolute atomic E-state index is 0.00687. The largest absolute Gasteiger partial charge is 0.495 e. The second-order valence-corrected chi connectivity index (χ2v) is 18.6. The van der Waals surface area contributed by atoms with Crippen molar-refractivity contribution in [3.05, 3.63) is 87.9 Å². The number of hydrogen-bond donors (Lipinski definition) is 3. The SMILES string of the molecule is CCC[C@@H](CCO[Si](c1ccccc1)(c1ccccc1)C(C)(C)C)Nc1nc(NC(=O)OC)nc2c(I)nn(Cc3ncc(C(=O)O)cc3OC)c12. The van der Waals surface area contributed by atoms with Gasteiger partial charge in [0.25, 0.3) is 8.32 Å². The lowest BCUT2D eigenvalue weighted by atomic mass is 10.1. The minimum atomic E-state index is -2.76. The van der Waals surface area contributed by atoms with Crippen molar-refractivity contribution in [3.63, 3.8) is 0 Å². The van der Waals surface area contributed by atoms with E-state index in [-0.39, 0.29) is 29.1 Å². The zero-order valence-electron chi connectivity index (χ0n) is 30.1. The number of carboxylic acids is 1. The molecule has 1 amide bonds. The van der Waals surface area contributed by atoms with Gasteiger partial charge in [0.05, 0.1) is 26.3 Å². The number of ether oxygens (including phenoxy) is 2. The molecular formula is C37H44IN7O6Si. The molecule has 0 bridgehead atoms. The number of rotatable bonds is 15. The van der Waals surface area contributed by atoms with E-state index in [1.807, 2.05) is 12.1 Å². The molecule has 0 saturated heterocycles. The Bertz CT molecular complexity index is 1970. The highest BCUT2D eigenvalue weighted by molar-refractivity contribution is 14.1. The lowest BCUT2D eigenvalue weighted by molar-refractivity contribution is 0.0696. The number of fused-ring (bicyclic) bond motifs is 1. The average molecular weight is 838 g/mol. The molecule has 0 radical (unpaired) electrons. The summed E-state index contributed by atoms with van der Waals surface area (Å²) >= 11 is 2.09. The van der Waals surface area contributed by atoms with Gasteiger partial charge in [-0.2, -0.15) is 10.1 Å². The fourth-order valence-electron chi connectivity index (χ4n) is 6.43. The van der Waals surface area contributed by atoms with Gasteiger partial charge < -0.3 is 24.3 Å². The Hall–Kier alpha value is -4.61. The molecule has 2 aromatic carbocycles. The van der Waals surface area contributed by atoms with Crippen LogP contribution < -0.4 is 25.7 Å². The topological polar surface area (TPSA) is 163 Å². The number of aromatic nitrogens is 5. The Labute approximate surface area is 317 Å². The average Bonchev–Trinajstić information content (AvgIpc) is 3.44. The Morgan fingerprint density at radius 2 is 1.65 bits per heavy atom. The van der Waals surface area contributed by atoms with E-state index in [1.54, 1.807) is 4.68 Å². The maximum atomic E-state index is 12.2. The standard InChI is InChI=1S/C37H44IN7O6Si/c1-7-14-25(19-20-51-52(37(2,3)4,26-15-10-8-11-16-26)27-17-12-9-13-18-27)40-33-31-30(41-35(42-33)43-36(48)50-6)32(38)44-45(31)23-28-29(49-5)21-24(22-39-28)34(46)47/h8-13,15-18,21-22,25H,7,14,19-20,23H2,1-6H3,(H,46,47)(H2,40,41,42,43,48)/t25-/m0/s1. The van der Waals surface area contributed by atoms with E-state index in [0.717, 1.165) is 12.8 Å². The Morgan fingerprint density at radius 1 is 1.00 bits per heavy atom. The van der Waals surface area contributed by atoms with Crippen molar-refractivity contribution in [2.24, 2.45) is 0 Å². The molecule has 3 aromatic heterocycles. The molecule has 0 aliphatic rings. The normalized spacial score (nSPS) is 12.4. The third-order valence-electron chi connectivity index (χ3n) is 8.82. The quantitative estimate of drug-likeness (QED) is 0.0801. The van der Waals surface area contributed by atoms with E-state index in [9.17, 15) is 14.7 Å². The number of hydrogen-bond acceptors (Lipinski definition) is 10. The molecule has 3 N–H and O–H groups in total. The monoisotopic (exact) mass is 837 g/mol. The van der Waals surface area contributed by atoms with Crippen LogP contribution in [0.15, 0.2) is 72.9 Å². The first-order chi connectivity index (χ1) is 24.9. The number of benzene rings is 2. The van der Waals surface area contributed by atoms with Gasteiger partial charge in [-0.1, -0.05) is 94.8 Å². The first-order valence-electron chi connectivity index (χ1n) is 17.0. The molecule has 0 aliphatic carbocycles. The van der Waals surface area contributed by atoms with E-state index in [4.69, 9.17) is 24.0 Å². The van der Waals surface area contributed by atoms with Crippen molar-refractivity contribution in [3.8, 4) is 5.75 Å². The maximum Gasteiger partial charge on any atom is 0.413 e. The van der Waals surface area contributed by atoms with Crippen LogP contribution in [0.4, 0.5) is 16.6 Å². The first kappa shape index (κ1) is 38.6. The second-order valence-electron chi connectivity index (χ2n) is 13.3. The third kappa shape index (κ3) is 8.37. The van der Waals surface area contributed by atoms with Gasteiger partial charge in [-0.15, -0.1) is 0 Å². The van der Waals surface area contributed by atoms with Crippen molar-refractivity contribution in [2.75, 3.05) is 31.5 Å². The molecule has 0 spiro atoms. The zero-order valence-corrected chi connectivity index (χ0v) is 33.3. The van der Waals surface area contributed by atoms with Crippen molar-refractivity contribution in [1.29, 1.82) is 0 Å². The summed E-state index contributed by atoms with van der Waals surface area (Å²) in [5.41, 5.74) is 1.57. The molecule has 274 valence electrons. The predicted molar refractivity (Wildman–Crippen MR) is 211 cm³/mol. The molecule has 13 nitrogen and oxygen atoms in total. The molecule has 52 heavy (non-hydrogen) atoms. The van der Waals surface area contributed by atoms with Crippen molar-refractivity contribution < 1.29 is 28.6 Å². The van der Waals surface area contributed by atoms with E-state index < -0.39 is 20.4 Å². The van der Waals surface area contributed by atoms with Gasteiger partial charge in [0.15, 0.2) is 5.82 Å². The molecule has 5 rings (SSSR count). The molecular weight excluding hydrogens is 793 g/mol. The van der Waals surface area contributed by atoms with E-state index in [1.165, 1.54) is 36.9 Å². The summed E-state index contributed by atoms with van der Waals surface area (Å²) in [5.74, 6) is -0.290. The van der Waals surface area contributed by atoms with Crippen LogP contribution in [-0.2, 0) is 15.7 Å². The summed E-state index contributed by atoms with van der Waals surface area (Å²) in [6.07, 6.45) is 2.96. The van der Waals surface area contributed by atoms with E-state index in [2.05, 4.69) is 119 Å².